The molecule has 6 heteroatoms. The molecule has 1 N–H and O–H groups in total. The van der Waals surface area contributed by atoms with Crippen LogP contribution in [-0.4, -0.2) is 31.2 Å². The molecule has 0 aliphatic rings. The molecule has 0 aliphatic carbocycles. The largest absolute Gasteiger partial charge is 0.480 e. The smallest absolute Gasteiger partial charge is 0.240 e. The fourth-order valence-electron chi connectivity index (χ4n) is 1.96. The molecule has 1 heterocycles. The van der Waals surface area contributed by atoms with Crippen molar-refractivity contribution in [3.8, 4) is 11.8 Å². The molecular weight excluding hydrogens is 261 g/mol. The van der Waals surface area contributed by atoms with Crippen LogP contribution in [0.5, 0.6) is 11.8 Å². The summed E-state index contributed by atoms with van der Waals surface area (Å²) in [6, 6.07) is 5.99. The molecule has 1 unspecified atom stereocenters. The number of aromatic nitrogens is 2. The van der Waals surface area contributed by atoms with E-state index in [-0.39, 0.29) is 11.9 Å². The van der Waals surface area contributed by atoms with Gasteiger partial charge in [0.2, 0.25) is 11.8 Å². The van der Waals surface area contributed by atoms with Gasteiger partial charge >= 0.3 is 0 Å². The van der Waals surface area contributed by atoms with E-state index in [0.717, 1.165) is 5.56 Å². The standard InChI is InChI=1S/C14H16FN3O2/c1-16-12(9-5-4-6-10(15)7-9)13-14(20-3)18-11(19-2)8-17-13/h4-8,12,16H,1-3H3. The maximum absolute atomic E-state index is 13.4. The minimum atomic E-state index is -0.320. The molecule has 1 aromatic heterocycles. The summed E-state index contributed by atoms with van der Waals surface area (Å²) in [6.45, 7) is 0. The zero-order chi connectivity index (χ0) is 14.5. The summed E-state index contributed by atoms with van der Waals surface area (Å²) >= 11 is 0. The van der Waals surface area contributed by atoms with Crippen molar-refractivity contribution in [3.05, 3.63) is 47.5 Å². The first-order valence-electron chi connectivity index (χ1n) is 6.07. The second kappa shape index (κ2) is 6.29. The molecule has 0 fully saturated rings. The van der Waals surface area contributed by atoms with Crippen molar-refractivity contribution in [1.82, 2.24) is 15.3 Å². The number of rotatable bonds is 5. The highest BCUT2D eigenvalue weighted by Crippen LogP contribution is 2.28. The molecule has 0 spiro atoms. The first kappa shape index (κ1) is 14.2. The van der Waals surface area contributed by atoms with Crippen LogP contribution in [0.2, 0.25) is 0 Å². The number of hydrogen-bond acceptors (Lipinski definition) is 5. The monoisotopic (exact) mass is 277 g/mol. The SMILES string of the molecule is CNC(c1cccc(F)c1)c1ncc(OC)nc1OC. The average Bonchev–Trinajstić information content (AvgIpc) is 2.48. The van der Waals surface area contributed by atoms with Gasteiger partial charge in [-0.2, -0.15) is 4.98 Å². The Hall–Kier alpha value is -2.21. The lowest BCUT2D eigenvalue weighted by atomic mass is 10.0. The van der Waals surface area contributed by atoms with Gasteiger partial charge in [0.05, 0.1) is 26.5 Å². The van der Waals surface area contributed by atoms with Crippen LogP contribution in [0.1, 0.15) is 17.3 Å². The third-order valence-corrected chi connectivity index (χ3v) is 2.89. The van der Waals surface area contributed by atoms with Crippen LogP contribution < -0.4 is 14.8 Å². The molecule has 0 amide bonds. The molecule has 2 aromatic rings. The molecule has 0 radical (unpaired) electrons. The third-order valence-electron chi connectivity index (χ3n) is 2.89. The normalized spacial score (nSPS) is 12.0. The van der Waals surface area contributed by atoms with E-state index in [1.165, 1.54) is 32.5 Å². The van der Waals surface area contributed by atoms with Gasteiger partial charge in [-0.05, 0) is 24.7 Å². The quantitative estimate of drug-likeness (QED) is 0.905. The van der Waals surface area contributed by atoms with E-state index < -0.39 is 0 Å². The Morgan fingerprint density at radius 1 is 1.25 bits per heavy atom. The molecule has 1 atom stereocenters. The minimum absolute atomic E-state index is 0.303. The first-order valence-corrected chi connectivity index (χ1v) is 6.07. The van der Waals surface area contributed by atoms with Crippen LogP contribution >= 0.6 is 0 Å². The molecule has 106 valence electrons. The van der Waals surface area contributed by atoms with Crippen molar-refractivity contribution in [2.24, 2.45) is 0 Å². The van der Waals surface area contributed by atoms with E-state index in [9.17, 15) is 4.39 Å². The summed E-state index contributed by atoms with van der Waals surface area (Å²) in [5, 5.41) is 3.08. The van der Waals surface area contributed by atoms with Crippen LogP contribution in [0.15, 0.2) is 30.5 Å². The van der Waals surface area contributed by atoms with Crippen LogP contribution in [0.3, 0.4) is 0 Å². The Labute approximate surface area is 116 Å². The molecule has 5 nitrogen and oxygen atoms in total. The van der Waals surface area contributed by atoms with Crippen molar-refractivity contribution in [1.29, 1.82) is 0 Å². The lowest BCUT2D eigenvalue weighted by Gasteiger charge is -2.18. The summed E-state index contributed by atoms with van der Waals surface area (Å²) in [5.74, 6) is 0.399. The van der Waals surface area contributed by atoms with Gasteiger partial charge in [0.15, 0.2) is 0 Å². The fraction of sp³-hybridized carbons (Fsp3) is 0.286. The van der Waals surface area contributed by atoms with Gasteiger partial charge in [-0.1, -0.05) is 12.1 Å². The lowest BCUT2D eigenvalue weighted by molar-refractivity contribution is 0.353. The fourth-order valence-corrected chi connectivity index (χ4v) is 1.96. The number of hydrogen-bond donors (Lipinski definition) is 1. The first-order chi connectivity index (χ1) is 9.69. The number of benzene rings is 1. The Morgan fingerprint density at radius 3 is 2.65 bits per heavy atom. The maximum atomic E-state index is 13.4. The van der Waals surface area contributed by atoms with Gasteiger partial charge in [0.1, 0.15) is 11.5 Å². The van der Waals surface area contributed by atoms with Crippen LogP contribution in [0.25, 0.3) is 0 Å². The maximum Gasteiger partial charge on any atom is 0.240 e. The molecular formula is C14H16FN3O2. The van der Waals surface area contributed by atoms with Crippen LogP contribution in [-0.2, 0) is 0 Å². The predicted molar refractivity (Wildman–Crippen MR) is 72.4 cm³/mol. The van der Waals surface area contributed by atoms with Gasteiger partial charge in [0, 0.05) is 0 Å². The summed E-state index contributed by atoms with van der Waals surface area (Å²) in [4.78, 5) is 8.49. The molecule has 20 heavy (non-hydrogen) atoms. The number of ether oxygens (including phenoxy) is 2. The molecule has 0 saturated carbocycles. The zero-order valence-corrected chi connectivity index (χ0v) is 11.6. The predicted octanol–water partition coefficient (Wildman–Crippen LogP) is 1.94. The van der Waals surface area contributed by atoms with Crippen LogP contribution in [0.4, 0.5) is 4.39 Å². The van der Waals surface area contributed by atoms with Crippen molar-refractivity contribution in [2.75, 3.05) is 21.3 Å². The molecule has 0 bridgehead atoms. The highest BCUT2D eigenvalue weighted by Gasteiger charge is 2.20. The van der Waals surface area contributed by atoms with Crippen molar-refractivity contribution in [2.45, 2.75) is 6.04 Å². The third kappa shape index (κ3) is 2.85. The van der Waals surface area contributed by atoms with Crippen molar-refractivity contribution in [3.63, 3.8) is 0 Å². The van der Waals surface area contributed by atoms with Crippen LogP contribution in [0, 0.1) is 5.82 Å². The van der Waals surface area contributed by atoms with Gasteiger partial charge < -0.3 is 14.8 Å². The van der Waals surface area contributed by atoms with Gasteiger partial charge in [-0.15, -0.1) is 0 Å². The summed E-state index contributed by atoms with van der Waals surface area (Å²) in [6.07, 6.45) is 1.50. The Balaban J connectivity index is 2.46. The van der Waals surface area contributed by atoms with E-state index in [1.54, 1.807) is 13.1 Å². The molecule has 1 aromatic carbocycles. The molecule has 0 aliphatic heterocycles. The second-order valence-electron chi connectivity index (χ2n) is 4.08. The zero-order valence-electron chi connectivity index (χ0n) is 11.6. The minimum Gasteiger partial charge on any atom is -0.480 e. The van der Waals surface area contributed by atoms with Crippen molar-refractivity contribution >= 4 is 0 Å². The van der Waals surface area contributed by atoms with E-state index in [1.807, 2.05) is 6.07 Å². The Morgan fingerprint density at radius 2 is 2.05 bits per heavy atom. The molecule has 2 rings (SSSR count). The number of nitrogens with zero attached hydrogens (tertiary/aromatic N) is 2. The number of methoxy groups -OCH3 is 2. The van der Waals surface area contributed by atoms with Gasteiger partial charge in [0.25, 0.3) is 0 Å². The molecule has 0 saturated heterocycles. The summed E-state index contributed by atoms with van der Waals surface area (Å²) < 4.78 is 23.6. The highest BCUT2D eigenvalue weighted by atomic mass is 19.1. The van der Waals surface area contributed by atoms with E-state index >= 15 is 0 Å². The number of nitrogens with one attached hydrogen (secondary N) is 1. The lowest BCUT2D eigenvalue weighted by Crippen LogP contribution is -2.20. The average molecular weight is 277 g/mol. The van der Waals surface area contributed by atoms with E-state index in [4.69, 9.17) is 9.47 Å². The van der Waals surface area contributed by atoms with E-state index in [2.05, 4.69) is 15.3 Å². The van der Waals surface area contributed by atoms with Gasteiger partial charge in [-0.25, -0.2) is 9.37 Å². The highest BCUT2D eigenvalue weighted by molar-refractivity contribution is 5.34. The van der Waals surface area contributed by atoms with Crippen molar-refractivity contribution < 1.29 is 13.9 Å². The Bertz CT molecular complexity index is 592. The number of halogens is 1. The summed E-state index contributed by atoms with van der Waals surface area (Å²) in [7, 11) is 4.78. The van der Waals surface area contributed by atoms with Gasteiger partial charge in [-0.3, -0.25) is 0 Å². The summed E-state index contributed by atoms with van der Waals surface area (Å²) in [5.41, 5.74) is 1.31. The second-order valence-corrected chi connectivity index (χ2v) is 4.08. The van der Waals surface area contributed by atoms with E-state index in [0.29, 0.717) is 17.5 Å². The topological polar surface area (TPSA) is 56.3 Å². The Kier molecular flexibility index (Phi) is 4.47.